The minimum Gasteiger partial charge on any atom is -0.508 e. The first-order valence-corrected chi connectivity index (χ1v) is 6.83. The van der Waals surface area contributed by atoms with Gasteiger partial charge in [0.05, 0.1) is 12.1 Å². The smallest absolute Gasteiger partial charge is 0.137 e. The van der Waals surface area contributed by atoms with E-state index in [4.69, 9.17) is 22.1 Å². The highest BCUT2D eigenvalue weighted by atomic mass is 35.5. The van der Waals surface area contributed by atoms with E-state index in [1.54, 1.807) is 19.2 Å². The van der Waals surface area contributed by atoms with E-state index in [0.29, 0.717) is 17.3 Å². The summed E-state index contributed by atoms with van der Waals surface area (Å²) < 4.78 is 5.14. The number of ether oxygens (including phenoxy) is 1. The van der Waals surface area contributed by atoms with Gasteiger partial charge >= 0.3 is 0 Å². The van der Waals surface area contributed by atoms with Crippen LogP contribution in [-0.2, 0) is 6.42 Å². The minimum absolute atomic E-state index is 0.195. The number of hydrogen-bond acceptors (Lipinski definition) is 3. The van der Waals surface area contributed by atoms with Crippen molar-refractivity contribution in [1.82, 2.24) is 0 Å². The number of hydrogen-bond donors (Lipinski definition) is 2. The Morgan fingerprint density at radius 1 is 1.20 bits per heavy atom. The van der Waals surface area contributed by atoms with Crippen molar-refractivity contribution < 1.29 is 9.84 Å². The molecule has 20 heavy (non-hydrogen) atoms. The fourth-order valence-corrected chi connectivity index (χ4v) is 2.49. The van der Waals surface area contributed by atoms with Gasteiger partial charge in [0.25, 0.3) is 0 Å². The van der Waals surface area contributed by atoms with Gasteiger partial charge in [0.15, 0.2) is 0 Å². The number of phenols is 1. The second kappa shape index (κ2) is 6.64. The number of rotatable bonds is 5. The molecule has 0 bridgehead atoms. The van der Waals surface area contributed by atoms with Crippen LogP contribution in [0.3, 0.4) is 0 Å². The van der Waals surface area contributed by atoms with Gasteiger partial charge in [-0.25, -0.2) is 0 Å². The van der Waals surface area contributed by atoms with E-state index in [-0.39, 0.29) is 11.7 Å². The average molecular weight is 292 g/mol. The third-order valence-electron chi connectivity index (χ3n) is 3.35. The highest BCUT2D eigenvalue weighted by Crippen LogP contribution is 2.28. The molecule has 3 nitrogen and oxygen atoms in total. The van der Waals surface area contributed by atoms with Crippen LogP contribution in [0.25, 0.3) is 0 Å². The molecule has 0 heterocycles. The van der Waals surface area contributed by atoms with E-state index in [9.17, 15) is 5.11 Å². The fraction of sp³-hybridized carbons (Fsp3) is 0.250. The van der Waals surface area contributed by atoms with Gasteiger partial charge in [0, 0.05) is 5.92 Å². The predicted molar refractivity (Wildman–Crippen MR) is 81.6 cm³/mol. The molecule has 106 valence electrons. The van der Waals surface area contributed by atoms with Crippen LogP contribution in [0.4, 0.5) is 0 Å². The summed E-state index contributed by atoms with van der Waals surface area (Å²) in [5.41, 5.74) is 8.08. The molecule has 0 spiro atoms. The van der Waals surface area contributed by atoms with E-state index in [1.807, 2.05) is 30.3 Å². The van der Waals surface area contributed by atoms with Crippen molar-refractivity contribution >= 4 is 11.6 Å². The van der Waals surface area contributed by atoms with Crippen LogP contribution in [-0.4, -0.2) is 18.8 Å². The van der Waals surface area contributed by atoms with Gasteiger partial charge < -0.3 is 15.6 Å². The Morgan fingerprint density at radius 2 is 1.90 bits per heavy atom. The Bertz CT molecular complexity index is 569. The second-order valence-electron chi connectivity index (χ2n) is 4.70. The molecular formula is C16H18ClNO2. The average Bonchev–Trinajstić information content (AvgIpc) is 2.46. The summed E-state index contributed by atoms with van der Waals surface area (Å²) in [5, 5.41) is 9.94. The standard InChI is InChI=1S/C16H18ClNO2/c1-20-16-7-2-11(9-15(16)17)8-13(10-18)12-3-5-14(19)6-4-12/h2-7,9,13,19H,8,10,18H2,1H3. The number of methoxy groups -OCH3 is 1. The van der Waals surface area contributed by atoms with Gasteiger partial charge in [-0.15, -0.1) is 0 Å². The summed E-state index contributed by atoms with van der Waals surface area (Å²) >= 11 is 6.13. The zero-order chi connectivity index (χ0) is 14.5. The zero-order valence-electron chi connectivity index (χ0n) is 11.3. The highest BCUT2D eigenvalue weighted by molar-refractivity contribution is 6.32. The van der Waals surface area contributed by atoms with Gasteiger partial charge in [0.1, 0.15) is 11.5 Å². The first-order valence-electron chi connectivity index (χ1n) is 6.45. The number of phenolic OH excluding ortho intramolecular Hbond substituents is 1. The van der Waals surface area contributed by atoms with Crippen LogP contribution in [0, 0.1) is 0 Å². The molecule has 0 radical (unpaired) electrons. The van der Waals surface area contributed by atoms with Crippen molar-refractivity contribution in [3.05, 3.63) is 58.6 Å². The molecule has 1 atom stereocenters. The molecule has 2 rings (SSSR count). The Kier molecular flexibility index (Phi) is 4.88. The van der Waals surface area contributed by atoms with Crippen molar-refractivity contribution in [2.24, 2.45) is 5.73 Å². The third-order valence-corrected chi connectivity index (χ3v) is 3.64. The fourth-order valence-electron chi connectivity index (χ4n) is 2.21. The number of nitrogens with two attached hydrogens (primary N) is 1. The molecule has 0 saturated heterocycles. The topological polar surface area (TPSA) is 55.5 Å². The lowest BCUT2D eigenvalue weighted by molar-refractivity contribution is 0.415. The van der Waals surface area contributed by atoms with Crippen molar-refractivity contribution in [3.63, 3.8) is 0 Å². The lowest BCUT2D eigenvalue weighted by Gasteiger charge is -2.16. The molecule has 3 N–H and O–H groups in total. The molecule has 0 saturated carbocycles. The van der Waals surface area contributed by atoms with Crippen LogP contribution in [0.5, 0.6) is 11.5 Å². The van der Waals surface area contributed by atoms with Gasteiger partial charge in [0.2, 0.25) is 0 Å². The Morgan fingerprint density at radius 3 is 2.45 bits per heavy atom. The summed E-state index contributed by atoms with van der Waals surface area (Å²) in [5.74, 6) is 1.13. The normalized spacial score (nSPS) is 12.2. The van der Waals surface area contributed by atoms with E-state index < -0.39 is 0 Å². The molecule has 0 amide bonds. The monoisotopic (exact) mass is 291 g/mol. The first-order chi connectivity index (χ1) is 9.63. The molecule has 1 unspecified atom stereocenters. The van der Waals surface area contributed by atoms with Crippen LogP contribution in [0.1, 0.15) is 17.0 Å². The summed E-state index contributed by atoms with van der Waals surface area (Å²) in [6, 6.07) is 12.9. The molecule has 0 aliphatic rings. The molecular weight excluding hydrogens is 274 g/mol. The van der Waals surface area contributed by atoms with Gasteiger partial charge in [-0.05, 0) is 48.4 Å². The van der Waals surface area contributed by atoms with Crippen LogP contribution in [0.2, 0.25) is 5.02 Å². The van der Waals surface area contributed by atoms with Crippen molar-refractivity contribution in [3.8, 4) is 11.5 Å². The Balaban J connectivity index is 2.17. The molecule has 0 fully saturated rings. The van der Waals surface area contributed by atoms with Crippen molar-refractivity contribution in [2.45, 2.75) is 12.3 Å². The zero-order valence-corrected chi connectivity index (χ0v) is 12.1. The lowest BCUT2D eigenvalue weighted by Crippen LogP contribution is -2.15. The highest BCUT2D eigenvalue weighted by Gasteiger charge is 2.12. The maximum atomic E-state index is 9.33. The van der Waals surface area contributed by atoms with E-state index in [1.165, 1.54) is 0 Å². The van der Waals surface area contributed by atoms with E-state index >= 15 is 0 Å². The molecule has 0 aromatic heterocycles. The summed E-state index contributed by atoms with van der Waals surface area (Å²) in [6.45, 7) is 0.536. The molecule has 2 aromatic rings. The Hall–Kier alpha value is -1.71. The number of benzene rings is 2. The number of aromatic hydroxyl groups is 1. The molecule has 0 aliphatic heterocycles. The first kappa shape index (κ1) is 14.7. The van der Waals surface area contributed by atoms with Gasteiger partial charge in [-0.1, -0.05) is 29.8 Å². The van der Waals surface area contributed by atoms with Crippen molar-refractivity contribution in [1.29, 1.82) is 0 Å². The Labute approximate surface area is 123 Å². The van der Waals surface area contributed by atoms with Crippen LogP contribution >= 0.6 is 11.6 Å². The number of halogens is 1. The molecule has 2 aromatic carbocycles. The van der Waals surface area contributed by atoms with E-state index in [0.717, 1.165) is 17.5 Å². The third kappa shape index (κ3) is 3.44. The largest absolute Gasteiger partial charge is 0.508 e. The predicted octanol–water partition coefficient (Wildman–Crippen LogP) is 3.34. The maximum Gasteiger partial charge on any atom is 0.137 e. The molecule has 4 heteroatoms. The van der Waals surface area contributed by atoms with Crippen molar-refractivity contribution in [2.75, 3.05) is 13.7 Å². The lowest BCUT2D eigenvalue weighted by atomic mass is 9.92. The second-order valence-corrected chi connectivity index (χ2v) is 5.10. The van der Waals surface area contributed by atoms with Crippen LogP contribution in [0.15, 0.2) is 42.5 Å². The van der Waals surface area contributed by atoms with Crippen LogP contribution < -0.4 is 10.5 Å². The molecule has 0 aliphatic carbocycles. The maximum absolute atomic E-state index is 9.33. The van der Waals surface area contributed by atoms with Gasteiger partial charge in [-0.3, -0.25) is 0 Å². The SMILES string of the molecule is COc1ccc(CC(CN)c2ccc(O)cc2)cc1Cl. The minimum atomic E-state index is 0.195. The van der Waals surface area contributed by atoms with Gasteiger partial charge in [-0.2, -0.15) is 0 Å². The van der Waals surface area contributed by atoms with E-state index in [2.05, 4.69) is 0 Å². The summed E-state index contributed by atoms with van der Waals surface area (Å²) in [6.07, 6.45) is 0.797. The quantitative estimate of drug-likeness (QED) is 0.888. The summed E-state index contributed by atoms with van der Waals surface area (Å²) in [7, 11) is 1.60. The summed E-state index contributed by atoms with van der Waals surface area (Å²) in [4.78, 5) is 0.